The van der Waals surface area contributed by atoms with Crippen LogP contribution in [0, 0.1) is 5.92 Å². The second-order valence-electron chi connectivity index (χ2n) is 10.3. The highest BCUT2D eigenvalue weighted by molar-refractivity contribution is 5.70. The molecular weight excluding hydrogens is 436 g/mol. The minimum Gasteiger partial charge on any atom is -0.481 e. The maximum atomic E-state index is 11.4. The number of carboxylic acids is 1. The van der Waals surface area contributed by atoms with Crippen LogP contribution >= 0.6 is 0 Å². The predicted octanol–water partition coefficient (Wildman–Crippen LogP) is 8.70. The maximum absolute atomic E-state index is 11.4. The lowest BCUT2D eigenvalue weighted by Gasteiger charge is -2.24. The molecular formula is C31H54O4. The number of benzene rings is 1. The average Bonchev–Trinajstić information content (AvgIpc) is 2.85. The van der Waals surface area contributed by atoms with Crippen LogP contribution in [0.25, 0.3) is 0 Å². The monoisotopic (exact) mass is 490 g/mol. The number of aliphatic hydroxyl groups is 1. The Kier molecular flexibility index (Phi) is 19.8. The first-order valence-electron chi connectivity index (χ1n) is 14.6. The van der Waals surface area contributed by atoms with Gasteiger partial charge in [0.25, 0.3) is 0 Å². The van der Waals surface area contributed by atoms with Gasteiger partial charge in [0, 0.05) is 6.42 Å². The van der Waals surface area contributed by atoms with Crippen LogP contribution in [0.2, 0.25) is 0 Å². The van der Waals surface area contributed by atoms with Crippen LogP contribution in [0.3, 0.4) is 0 Å². The summed E-state index contributed by atoms with van der Waals surface area (Å²) in [5.74, 6) is -1.65. The summed E-state index contributed by atoms with van der Waals surface area (Å²) in [6.07, 6.45) is 20.8. The van der Waals surface area contributed by atoms with Gasteiger partial charge in [0.15, 0.2) is 0 Å². The minimum atomic E-state index is -0.922. The smallest absolute Gasteiger partial charge is 0.309 e. The molecule has 0 spiro atoms. The van der Waals surface area contributed by atoms with Crippen molar-refractivity contribution in [3.05, 3.63) is 35.9 Å². The third kappa shape index (κ3) is 16.8. The van der Waals surface area contributed by atoms with Gasteiger partial charge in [-0.1, -0.05) is 140 Å². The number of rotatable bonds is 24. The van der Waals surface area contributed by atoms with Crippen molar-refractivity contribution in [1.82, 2.24) is 0 Å². The van der Waals surface area contributed by atoms with Crippen molar-refractivity contribution < 1.29 is 19.7 Å². The van der Waals surface area contributed by atoms with Crippen molar-refractivity contribution in [2.75, 3.05) is 0 Å². The average molecular weight is 491 g/mol. The lowest BCUT2D eigenvalue weighted by Crippen LogP contribution is -2.32. The van der Waals surface area contributed by atoms with Crippen LogP contribution < -0.4 is 0 Å². The molecule has 0 saturated carbocycles. The number of hydrogen-bond acceptors (Lipinski definition) is 3. The van der Waals surface area contributed by atoms with Gasteiger partial charge in [0.2, 0.25) is 0 Å². The van der Waals surface area contributed by atoms with Gasteiger partial charge in [-0.3, -0.25) is 4.79 Å². The Bertz CT molecular complexity index is 603. The van der Waals surface area contributed by atoms with Crippen molar-refractivity contribution in [3.63, 3.8) is 0 Å². The summed E-state index contributed by atoms with van der Waals surface area (Å²) in [6, 6.07) is 10.0. The molecule has 0 heterocycles. The molecule has 1 aromatic rings. The summed E-state index contributed by atoms with van der Waals surface area (Å²) in [5, 5.41) is 19.9. The molecule has 4 nitrogen and oxygen atoms in total. The zero-order valence-electron chi connectivity index (χ0n) is 22.8. The van der Waals surface area contributed by atoms with E-state index in [0.717, 1.165) is 18.4 Å². The quantitative estimate of drug-likeness (QED) is 0.142. The van der Waals surface area contributed by atoms with Crippen LogP contribution in [0.15, 0.2) is 30.3 Å². The summed E-state index contributed by atoms with van der Waals surface area (Å²) in [7, 11) is 0. The molecule has 1 rings (SSSR count). The Hall–Kier alpha value is -1.39. The highest BCUT2D eigenvalue weighted by Crippen LogP contribution is 2.21. The number of carbonyl (C=O) groups is 1. The van der Waals surface area contributed by atoms with Gasteiger partial charge >= 0.3 is 5.97 Å². The zero-order chi connectivity index (χ0) is 25.6. The Morgan fingerprint density at radius 2 is 1.26 bits per heavy atom. The van der Waals surface area contributed by atoms with Crippen LogP contribution in [-0.2, 0) is 16.1 Å². The molecule has 1 aromatic carbocycles. The molecule has 3 atom stereocenters. The van der Waals surface area contributed by atoms with Crippen LogP contribution in [0.1, 0.15) is 135 Å². The van der Waals surface area contributed by atoms with Gasteiger partial charge in [0.1, 0.15) is 0 Å². The van der Waals surface area contributed by atoms with Crippen molar-refractivity contribution in [2.45, 2.75) is 148 Å². The molecule has 0 aliphatic heterocycles. The topological polar surface area (TPSA) is 66.8 Å². The van der Waals surface area contributed by atoms with E-state index >= 15 is 0 Å². The summed E-state index contributed by atoms with van der Waals surface area (Å²) < 4.78 is 6.14. The second-order valence-corrected chi connectivity index (χ2v) is 10.3. The van der Waals surface area contributed by atoms with E-state index in [1.54, 1.807) is 0 Å². The van der Waals surface area contributed by atoms with Gasteiger partial charge in [-0.05, 0) is 18.4 Å². The Morgan fingerprint density at radius 1 is 0.771 bits per heavy atom. The largest absolute Gasteiger partial charge is 0.481 e. The zero-order valence-corrected chi connectivity index (χ0v) is 22.8. The lowest BCUT2D eigenvalue weighted by atomic mass is 9.93. The number of aliphatic hydroxyl groups excluding tert-OH is 1. The third-order valence-corrected chi connectivity index (χ3v) is 7.18. The molecule has 0 aromatic heterocycles. The van der Waals surface area contributed by atoms with E-state index in [9.17, 15) is 15.0 Å². The summed E-state index contributed by atoms with van der Waals surface area (Å²) in [6.45, 7) is 4.59. The van der Waals surface area contributed by atoms with Gasteiger partial charge in [0.05, 0.1) is 24.7 Å². The normalized spacial score (nSPS) is 14.0. The summed E-state index contributed by atoms with van der Waals surface area (Å²) in [5.41, 5.74) is 1.11. The lowest BCUT2D eigenvalue weighted by molar-refractivity contribution is -0.147. The molecule has 0 amide bonds. The molecule has 0 saturated heterocycles. The Morgan fingerprint density at radius 3 is 1.71 bits per heavy atom. The molecule has 0 bridgehead atoms. The fourth-order valence-corrected chi connectivity index (χ4v) is 4.85. The van der Waals surface area contributed by atoms with E-state index in [0.29, 0.717) is 19.4 Å². The predicted molar refractivity (Wildman–Crippen MR) is 147 cm³/mol. The van der Waals surface area contributed by atoms with E-state index in [1.807, 2.05) is 37.3 Å². The second kappa shape index (κ2) is 21.9. The first kappa shape index (κ1) is 31.6. The number of hydrogen-bond donors (Lipinski definition) is 2. The van der Waals surface area contributed by atoms with Crippen LogP contribution in [-0.4, -0.2) is 28.4 Å². The summed E-state index contributed by atoms with van der Waals surface area (Å²) in [4.78, 5) is 11.4. The third-order valence-electron chi connectivity index (χ3n) is 7.18. The molecule has 0 aliphatic carbocycles. The Balaban J connectivity index is 2.18. The fraction of sp³-hybridized carbons (Fsp3) is 0.774. The number of ether oxygens (including phenoxy) is 1. The molecule has 0 unspecified atom stereocenters. The first-order chi connectivity index (χ1) is 17.1. The highest BCUT2D eigenvalue weighted by Gasteiger charge is 2.27. The molecule has 35 heavy (non-hydrogen) atoms. The van der Waals surface area contributed by atoms with Gasteiger partial charge in [-0.25, -0.2) is 0 Å². The van der Waals surface area contributed by atoms with E-state index in [1.165, 1.54) is 89.9 Å². The summed E-state index contributed by atoms with van der Waals surface area (Å²) >= 11 is 0. The molecule has 4 heteroatoms. The van der Waals surface area contributed by atoms with Crippen LogP contribution in [0.4, 0.5) is 0 Å². The van der Waals surface area contributed by atoms with Crippen molar-refractivity contribution in [1.29, 1.82) is 0 Å². The maximum Gasteiger partial charge on any atom is 0.309 e. The SMILES string of the molecule is CCCCCCCCCCCCCCCCC[C@@H](C[C@@H](O)[C@@H](CC)C(=O)O)OCc1ccccc1. The van der Waals surface area contributed by atoms with Crippen molar-refractivity contribution >= 4 is 5.97 Å². The van der Waals surface area contributed by atoms with Gasteiger partial charge in [-0.2, -0.15) is 0 Å². The van der Waals surface area contributed by atoms with E-state index in [-0.39, 0.29) is 6.10 Å². The van der Waals surface area contributed by atoms with E-state index in [4.69, 9.17) is 4.74 Å². The molecule has 2 N–H and O–H groups in total. The van der Waals surface area contributed by atoms with E-state index < -0.39 is 18.0 Å². The van der Waals surface area contributed by atoms with E-state index in [2.05, 4.69) is 6.92 Å². The molecule has 0 radical (unpaired) electrons. The number of carboxylic acid groups (broad SMARTS) is 1. The van der Waals surface area contributed by atoms with Crippen molar-refractivity contribution in [2.24, 2.45) is 5.92 Å². The molecule has 202 valence electrons. The minimum absolute atomic E-state index is 0.111. The standard InChI is InChI=1S/C31H54O4/c1-3-5-6-7-8-9-10-11-12-13-14-15-16-17-21-24-28(25-30(32)29(4-2)31(33)34)35-26-27-22-19-18-20-23-27/h18-20,22-23,28-30,32H,3-17,21,24-26H2,1-2H3,(H,33,34)/t28-,29+,30+/m0/s1. The highest BCUT2D eigenvalue weighted by atomic mass is 16.5. The Labute approximate surface area is 215 Å². The van der Waals surface area contributed by atoms with Gasteiger partial charge in [-0.15, -0.1) is 0 Å². The first-order valence-corrected chi connectivity index (χ1v) is 14.6. The molecule has 0 aliphatic rings. The van der Waals surface area contributed by atoms with Gasteiger partial charge < -0.3 is 14.9 Å². The number of unbranched alkanes of at least 4 members (excludes halogenated alkanes) is 14. The van der Waals surface area contributed by atoms with Crippen LogP contribution in [0.5, 0.6) is 0 Å². The number of aliphatic carboxylic acids is 1. The van der Waals surface area contributed by atoms with Crippen molar-refractivity contribution in [3.8, 4) is 0 Å². The fourth-order valence-electron chi connectivity index (χ4n) is 4.85. The molecule has 0 fully saturated rings.